The van der Waals surface area contributed by atoms with Crippen molar-refractivity contribution in [3.05, 3.63) is 36.5 Å². The molecule has 0 spiro atoms. The van der Waals surface area contributed by atoms with Gasteiger partial charge in [0.15, 0.2) is 5.78 Å². The molecule has 0 heterocycles. The van der Waals surface area contributed by atoms with Crippen LogP contribution in [0.25, 0.3) is 0 Å². The van der Waals surface area contributed by atoms with Crippen LogP contribution in [0.15, 0.2) is 36.5 Å². The largest absolute Gasteiger partial charge is 0.392 e. The summed E-state index contributed by atoms with van der Waals surface area (Å²) in [6, 6.07) is 0. The van der Waals surface area contributed by atoms with Gasteiger partial charge in [0.05, 0.1) is 6.42 Å². The number of alkyl halides is 3. The average molecular weight is 276 g/mol. The van der Waals surface area contributed by atoms with Gasteiger partial charge >= 0.3 is 6.18 Å². The highest BCUT2D eigenvalue weighted by molar-refractivity contribution is 5.98. The molecule has 2 nitrogen and oxygen atoms in total. The van der Waals surface area contributed by atoms with Crippen molar-refractivity contribution in [1.82, 2.24) is 0 Å². The average Bonchev–Trinajstić information content (AvgIpc) is 2.32. The van der Waals surface area contributed by atoms with Crippen molar-refractivity contribution < 1.29 is 22.7 Å². The zero-order valence-corrected chi connectivity index (χ0v) is 11.0. The first-order chi connectivity index (χ1) is 8.90. The second-order valence-corrected chi connectivity index (χ2v) is 3.95. The molecule has 0 amide bonds. The van der Waals surface area contributed by atoms with Gasteiger partial charge in [-0.3, -0.25) is 4.79 Å². The Morgan fingerprint density at radius 3 is 2.53 bits per heavy atom. The SMILES string of the molecule is C=CC=C(C=CCC(F)(F)F)C(=O)CCCCOC. The molecule has 0 aliphatic carbocycles. The monoisotopic (exact) mass is 276 g/mol. The Labute approximate surface area is 111 Å². The van der Waals surface area contributed by atoms with Crippen LogP contribution in [0.5, 0.6) is 0 Å². The first kappa shape index (κ1) is 17.6. The summed E-state index contributed by atoms with van der Waals surface area (Å²) < 4.78 is 40.8. The van der Waals surface area contributed by atoms with E-state index in [1.807, 2.05) is 0 Å². The molecule has 0 bridgehead atoms. The van der Waals surface area contributed by atoms with Crippen molar-refractivity contribution in [1.29, 1.82) is 0 Å². The van der Waals surface area contributed by atoms with E-state index < -0.39 is 12.6 Å². The molecule has 0 unspecified atom stereocenters. The van der Waals surface area contributed by atoms with Crippen LogP contribution in [0, 0.1) is 0 Å². The summed E-state index contributed by atoms with van der Waals surface area (Å²) in [5.41, 5.74) is 0.247. The van der Waals surface area contributed by atoms with Gasteiger partial charge in [-0.1, -0.05) is 30.9 Å². The number of carbonyl (C=O) groups is 1. The van der Waals surface area contributed by atoms with E-state index >= 15 is 0 Å². The number of rotatable bonds is 9. The first-order valence-corrected chi connectivity index (χ1v) is 5.99. The third kappa shape index (κ3) is 10.3. The smallest absolute Gasteiger partial charge is 0.385 e. The number of ketones is 1. The van der Waals surface area contributed by atoms with E-state index in [4.69, 9.17) is 4.74 Å². The van der Waals surface area contributed by atoms with Crippen LogP contribution in [0.2, 0.25) is 0 Å². The van der Waals surface area contributed by atoms with Crippen molar-refractivity contribution in [2.24, 2.45) is 0 Å². The van der Waals surface area contributed by atoms with Gasteiger partial charge in [0, 0.05) is 25.7 Å². The number of ether oxygens (including phenoxy) is 1. The molecule has 0 fully saturated rings. The van der Waals surface area contributed by atoms with E-state index in [1.54, 1.807) is 7.11 Å². The molecule has 5 heteroatoms. The van der Waals surface area contributed by atoms with E-state index in [-0.39, 0.29) is 11.4 Å². The lowest BCUT2D eigenvalue weighted by atomic mass is 10.0. The zero-order valence-electron chi connectivity index (χ0n) is 11.0. The molecule has 0 atom stereocenters. The van der Waals surface area contributed by atoms with E-state index in [1.165, 1.54) is 18.2 Å². The van der Waals surface area contributed by atoms with Gasteiger partial charge in [-0.15, -0.1) is 0 Å². The predicted molar refractivity (Wildman–Crippen MR) is 68.8 cm³/mol. The van der Waals surface area contributed by atoms with E-state index in [2.05, 4.69) is 6.58 Å². The fourth-order valence-corrected chi connectivity index (χ4v) is 1.36. The molecule has 0 N–H and O–H groups in total. The molecule has 0 aliphatic heterocycles. The van der Waals surface area contributed by atoms with Crippen molar-refractivity contribution in [3.63, 3.8) is 0 Å². The van der Waals surface area contributed by atoms with Gasteiger partial charge in [-0.2, -0.15) is 13.2 Å². The molecular formula is C14H19F3O2. The third-order valence-electron chi connectivity index (χ3n) is 2.27. The molecule has 0 saturated carbocycles. The number of allylic oxidation sites excluding steroid dienone is 5. The van der Waals surface area contributed by atoms with Gasteiger partial charge in [0.1, 0.15) is 0 Å². The molecule has 108 valence electrons. The Hall–Kier alpha value is -1.36. The van der Waals surface area contributed by atoms with Crippen molar-refractivity contribution in [2.75, 3.05) is 13.7 Å². The van der Waals surface area contributed by atoms with Crippen LogP contribution in [-0.4, -0.2) is 25.7 Å². The summed E-state index contributed by atoms with van der Waals surface area (Å²) in [5, 5.41) is 0. The number of halogens is 3. The molecule has 0 aliphatic rings. The number of methoxy groups -OCH3 is 1. The van der Waals surface area contributed by atoms with Crippen LogP contribution in [-0.2, 0) is 9.53 Å². The summed E-state index contributed by atoms with van der Waals surface area (Å²) in [7, 11) is 1.57. The second-order valence-electron chi connectivity index (χ2n) is 3.95. The topological polar surface area (TPSA) is 26.3 Å². The van der Waals surface area contributed by atoms with Gasteiger partial charge in [-0.25, -0.2) is 0 Å². The Balaban J connectivity index is 4.36. The summed E-state index contributed by atoms with van der Waals surface area (Å²) in [6.45, 7) is 4.01. The standard InChI is InChI=1S/C14H19F3O2/c1-3-7-12(8-6-10-14(15,16)17)13(18)9-4-5-11-19-2/h3,6-8H,1,4-5,9-11H2,2H3. The fraction of sp³-hybridized carbons (Fsp3) is 0.500. The Morgan fingerprint density at radius 2 is 2.00 bits per heavy atom. The maximum atomic E-state index is 12.0. The van der Waals surface area contributed by atoms with Crippen LogP contribution < -0.4 is 0 Å². The molecular weight excluding hydrogens is 257 g/mol. The highest BCUT2D eigenvalue weighted by Crippen LogP contribution is 2.20. The number of unbranched alkanes of at least 4 members (excludes halogenated alkanes) is 1. The van der Waals surface area contributed by atoms with Gasteiger partial charge in [0.25, 0.3) is 0 Å². The molecule has 0 radical (unpaired) electrons. The molecule has 0 saturated heterocycles. The third-order valence-corrected chi connectivity index (χ3v) is 2.27. The van der Waals surface area contributed by atoms with Crippen LogP contribution in [0.4, 0.5) is 13.2 Å². The predicted octanol–water partition coefficient (Wildman–Crippen LogP) is 3.99. The minimum Gasteiger partial charge on any atom is -0.385 e. The Kier molecular flexibility index (Phi) is 8.87. The van der Waals surface area contributed by atoms with E-state index in [0.29, 0.717) is 19.4 Å². The number of carbonyl (C=O) groups excluding carboxylic acids is 1. The van der Waals surface area contributed by atoms with Gasteiger partial charge in [0.2, 0.25) is 0 Å². The van der Waals surface area contributed by atoms with E-state index in [0.717, 1.165) is 12.5 Å². The van der Waals surface area contributed by atoms with Crippen LogP contribution in [0.1, 0.15) is 25.7 Å². The zero-order chi connectivity index (χ0) is 14.7. The maximum absolute atomic E-state index is 12.0. The van der Waals surface area contributed by atoms with Crippen LogP contribution >= 0.6 is 0 Å². The minimum atomic E-state index is -4.25. The summed E-state index contributed by atoms with van der Waals surface area (Å²) in [6.07, 6.45) is 1.35. The van der Waals surface area contributed by atoms with Crippen molar-refractivity contribution in [2.45, 2.75) is 31.9 Å². The van der Waals surface area contributed by atoms with E-state index in [9.17, 15) is 18.0 Å². The molecule has 19 heavy (non-hydrogen) atoms. The van der Waals surface area contributed by atoms with Gasteiger partial charge < -0.3 is 4.74 Å². The van der Waals surface area contributed by atoms with Crippen molar-refractivity contribution >= 4 is 5.78 Å². The van der Waals surface area contributed by atoms with Gasteiger partial charge in [-0.05, 0) is 12.8 Å². The maximum Gasteiger partial charge on any atom is 0.392 e. The summed E-state index contributed by atoms with van der Waals surface area (Å²) in [5.74, 6) is -0.186. The van der Waals surface area contributed by atoms with Crippen LogP contribution in [0.3, 0.4) is 0 Å². The molecule has 0 aromatic carbocycles. The lowest BCUT2D eigenvalue weighted by Gasteiger charge is -2.03. The molecule has 0 aromatic rings. The summed E-state index contributed by atoms with van der Waals surface area (Å²) in [4.78, 5) is 11.8. The quantitative estimate of drug-likeness (QED) is 0.361. The number of hydrogen-bond donors (Lipinski definition) is 0. The first-order valence-electron chi connectivity index (χ1n) is 5.99. The fourth-order valence-electron chi connectivity index (χ4n) is 1.36. The van der Waals surface area contributed by atoms with Crippen molar-refractivity contribution in [3.8, 4) is 0 Å². The molecule has 0 aromatic heterocycles. The number of hydrogen-bond acceptors (Lipinski definition) is 2. The Morgan fingerprint density at radius 1 is 1.32 bits per heavy atom. The Bertz CT molecular complexity index is 341. The number of Topliss-reactive ketones (excluding diaryl/α,β-unsaturated/α-hetero) is 1. The summed E-state index contributed by atoms with van der Waals surface area (Å²) >= 11 is 0. The second kappa shape index (κ2) is 9.55. The lowest BCUT2D eigenvalue weighted by molar-refractivity contribution is -0.125. The highest BCUT2D eigenvalue weighted by Gasteiger charge is 2.24. The normalized spacial score (nSPS) is 12.9. The lowest BCUT2D eigenvalue weighted by Crippen LogP contribution is -2.05. The highest BCUT2D eigenvalue weighted by atomic mass is 19.4. The minimum absolute atomic E-state index is 0.186. The molecule has 0 rings (SSSR count).